The Kier molecular flexibility index (Phi) is 6.20. The molecule has 0 atom stereocenters. The van der Waals surface area contributed by atoms with Gasteiger partial charge in [-0.25, -0.2) is 4.98 Å². The Labute approximate surface area is 200 Å². The first-order valence-corrected chi connectivity index (χ1v) is 10.7. The molecule has 0 saturated carbocycles. The number of benzene rings is 2. The molecule has 1 aliphatic heterocycles. The number of carbonyl (C=O) groups excluding carboxylic acids is 3. The van der Waals surface area contributed by atoms with Crippen molar-refractivity contribution in [2.75, 3.05) is 25.5 Å². The maximum Gasteiger partial charge on any atom is 0.272 e. The van der Waals surface area contributed by atoms with Crippen LogP contribution in [-0.2, 0) is 14.4 Å². The van der Waals surface area contributed by atoms with E-state index in [0.717, 1.165) is 10.1 Å². The van der Waals surface area contributed by atoms with Crippen LogP contribution in [0.25, 0.3) is 27.7 Å². The number of hydrogen-bond acceptors (Lipinski definition) is 6. The second-order valence-electron chi connectivity index (χ2n) is 7.87. The van der Waals surface area contributed by atoms with Crippen molar-refractivity contribution >= 4 is 40.0 Å². The fourth-order valence-electron chi connectivity index (χ4n) is 3.57. The quantitative estimate of drug-likeness (QED) is 0.528. The molecule has 1 aliphatic rings. The van der Waals surface area contributed by atoms with Crippen molar-refractivity contribution in [1.29, 1.82) is 0 Å². The van der Waals surface area contributed by atoms with Crippen LogP contribution >= 0.6 is 0 Å². The lowest BCUT2D eigenvalue weighted by Gasteiger charge is -2.19. The van der Waals surface area contributed by atoms with Crippen LogP contribution in [0.2, 0.25) is 0 Å². The van der Waals surface area contributed by atoms with Gasteiger partial charge in [-0.15, -0.1) is 0 Å². The van der Waals surface area contributed by atoms with Crippen molar-refractivity contribution in [3.05, 3.63) is 71.9 Å². The zero-order valence-electron chi connectivity index (χ0n) is 19.3. The Morgan fingerprint density at radius 2 is 2.00 bits per heavy atom. The molecule has 0 fully saturated rings. The molecule has 178 valence electrons. The molecule has 2 heterocycles. The van der Waals surface area contributed by atoms with Crippen molar-refractivity contribution in [2.45, 2.75) is 6.92 Å². The average molecular weight is 473 g/mol. The molecule has 3 aromatic rings. The van der Waals surface area contributed by atoms with Crippen molar-refractivity contribution in [2.24, 2.45) is 0 Å². The lowest BCUT2D eigenvalue weighted by atomic mass is 10.0. The SMILES string of the molecule is C=C(NC(=O)C(=C)n1cnc2c(-c3ccc4c(c3)OCC(=O)N4)cccc2c1=O)C(=O)N(C)CC. The summed E-state index contributed by atoms with van der Waals surface area (Å²) in [7, 11) is 1.58. The first kappa shape index (κ1) is 23.4. The molecule has 0 bridgehead atoms. The molecule has 0 unspecified atom stereocenters. The van der Waals surface area contributed by atoms with Crippen molar-refractivity contribution in [1.82, 2.24) is 19.8 Å². The Hall–Kier alpha value is -4.73. The van der Waals surface area contributed by atoms with Gasteiger partial charge in [0, 0.05) is 19.2 Å². The first-order chi connectivity index (χ1) is 16.7. The van der Waals surface area contributed by atoms with Gasteiger partial charge in [0.2, 0.25) is 0 Å². The number of nitrogens with one attached hydrogen (secondary N) is 2. The predicted octanol–water partition coefficient (Wildman–Crippen LogP) is 1.97. The van der Waals surface area contributed by atoms with Gasteiger partial charge in [-0.05, 0) is 30.7 Å². The van der Waals surface area contributed by atoms with Gasteiger partial charge in [0.15, 0.2) is 6.61 Å². The summed E-state index contributed by atoms with van der Waals surface area (Å²) < 4.78 is 6.51. The summed E-state index contributed by atoms with van der Waals surface area (Å²) in [4.78, 5) is 55.3. The van der Waals surface area contributed by atoms with E-state index in [-0.39, 0.29) is 29.3 Å². The number of aromatic nitrogens is 2. The number of nitrogens with zero attached hydrogens (tertiary/aromatic N) is 3. The molecule has 35 heavy (non-hydrogen) atoms. The number of amides is 3. The first-order valence-electron chi connectivity index (χ1n) is 10.7. The molecular weight excluding hydrogens is 450 g/mol. The predicted molar refractivity (Wildman–Crippen MR) is 131 cm³/mol. The number of ether oxygens (including phenoxy) is 1. The van der Waals surface area contributed by atoms with Crippen molar-refractivity contribution in [3.63, 3.8) is 0 Å². The molecule has 3 amide bonds. The van der Waals surface area contributed by atoms with Gasteiger partial charge in [-0.1, -0.05) is 31.4 Å². The minimum atomic E-state index is -0.749. The number of likely N-dealkylation sites (N-methyl/N-ethyl adjacent to an activating group) is 1. The molecule has 0 radical (unpaired) electrons. The summed E-state index contributed by atoms with van der Waals surface area (Å²) in [6, 6.07) is 10.4. The smallest absolute Gasteiger partial charge is 0.272 e. The van der Waals surface area contributed by atoms with E-state index in [4.69, 9.17) is 4.74 Å². The van der Waals surface area contributed by atoms with Crippen LogP contribution in [0.15, 0.2) is 66.4 Å². The van der Waals surface area contributed by atoms with Crippen LogP contribution < -0.4 is 20.9 Å². The second kappa shape index (κ2) is 9.26. The molecule has 2 aromatic carbocycles. The molecule has 4 rings (SSSR count). The van der Waals surface area contributed by atoms with Gasteiger partial charge in [0.25, 0.3) is 23.3 Å². The maximum atomic E-state index is 13.2. The second-order valence-corrected chi connectivity index (χ2v) is 7.87. The van der Waals surface area contributed by atoms with Crippen molar-refractivity contribution in [3.8, 4) is 16.9 Å². The number of hydrogen-bond donors (Lipinski definition) is 2. The summed E-state index contributed by atoms with van der Waals surface area (Å²) in [5.41, 5.74) is 1.56. The van der Waals surface area contributed by atoms with Crippen molar-refractivity contribution < 1.29 is 19.1 Å². The molecule has 0 aliphatic carbocycles. The number of fused-ring (bicyclic) bond motifs is 2. The number of anilines is 1. The number of para-hydroxylation sites is 1. The normalized spacial score (nSPS) is 12.2. The van der Waals surface area contributed by atoms with Gasteiger partial charge in [0.1, 0.15) is 17.8 Å². The van der Waals surface area contributed by atoms with E-state index in [1.807, 2.05) is 6.07 Å². The van der Waals surface area contributed by atoms with Gasteiger partial charge < -0.3 is 20.3 Å². The number of rotatable bonds is 6. The minimum absolute atomic E-state index is 0.0775. The summed E-state index contributed by atoms with van der Waals surface area (Å²) in [5.74, 6) is -0.912. The van der Waals surface area contributed by atoms with E-state index in [0.29, 0.717) is 29.1 Å². The lowest BCUT2D eigenvalue weighted by Crippen LogP contribution is -2.37. The maximum absolute atomic E-state index is 13.2. The number of carbonyl (C=O) groups is 3. The van der Waals surface area contributed by atoms with E-state index < -0.39 is 17.4 Å². The molecule has 10 nitrogen and oxygen atoms in total. The Morgan fingerprint density at radius 1 is 1.23 bits per heavy atom. The van der Waals surface area contributed by atoms with E-state index in [1.165, 1.54) is 11.2 Å². The summed E-state index contributed by atoms with van der Waals surface area (Å²) >= 11 is 0. The topological polar surface area (TPSA) is 123 Å². The highest BCUT2D eigenvalue weighted by Crippen LogP contribution is 2.34. The molecule has 2 N–H and O–H groups in total. The van der Waals surface area contributed by atoms with E-state index in [1.54, 1.807) is 44.3 Å². The van der Waals surface area contributed by atoms with Gasteiger partial charge in [0.05, 0.1) is 22.3 Å². The van der Waals surface area contributed by atoms with Crippen LogP contribution in [0.4, 0.5) is 5.69 Å². The fraction of sp³-hybridized carbons (Fsp3) is 0.160. The molecular formula is C25H23N5O5. The van der Waals surface area contributed by atoms with E-state index in [9.17, 15) is 19.2 Å². The third-order valence-corrected chi connectivity index (χ3v) is 5.61. The Bertz CT molecular complexity index is 1470. The highest BCUT2D eigenvalue weighted by atomic mass is 16.5. The zero-order chi connectivity index (χ0) is 25.3. The van der Waals surface area contributed by atoms with E-state index in [2.05, 4.69) is 28.8 Å². The third kappa shape index (κ3) is 4.41. The largest absolute Gasteiger partial charge is 0.482 e. The zero-order valence-corrected chi connectivity index (χ0v) is 19.3. The van der Waals surface area contributed by atoms with Crippen LogP contribution in [0.3, 0.4) is 0 Å². The minimum Gasteiger partial charge on any atom is -0.482 e. The van der Waals surface area contributed by atoms with Crippen LogP contribution in [0.1, 0.15) is 6.92 Å². The molecule has 0 spiro atoms. The Morgan fingerprint density at radius 3 is 2.74 bits per heavy atom. The fourth-order valence-corrected chi connectivity index (χ4v) is 3.57. The molecule has 1 aromatic heterocycles. The van der Waals surface area contributed by atoms with Crippen LogP contribution in [0, 0.1) is 0 Å². The monoisotopic (exact) mass is 473 g/mol. The van der Waals surface area contributed by atoms with E-state index >= 15 is 0 Å². The average Bonchev–Trinajstić information content (AvgIpc) is 2.86. The highest BCUT2D eigenvalue weighted by Gasteiger charge is 2.20. The van der Waals surface area contributed by atoms with Gasteiger partial charge >= 0.3 is 0 Å². The highest BCUT2D eigenvalue weighted by molar-refractivity contribution is 6.15. The van der Waals surface area contributed by atoms with Crippen LogP contribution in [0.5, 0.6) is 5.75 Å². The van der Waals surface area contributed by atoms with Crippen LogP contribution in [-0.4, -0.2) is 52.4 Å². The summed E-state index contributed by atoms with van der Waals surface area (Å²) in [6.45, 7) is 9.44. The summed E-state index contributed by atoms with van der Waals surface area (Å²) in [6.07, 6.45) is 1.22. The van der Waals surface area contributed by atoms with Gasteiger partial charge in [-0.3, -0.25) is 23.7 Å². The lowest BCUT2D eigenvalue weighted by molar-refractivity contribution is -0.127. The summed E-state index contributed by atoms with van der Waals surface area (Å²) in [5, 5.41) is 5.39. The molecule has 10 heteroatoms. The van der Waals surface area contributed by atoms with Gasteiger partial charge in [-0.2, -0.15) is 0 Å². The standard InChI is InChI=1S/C25H23N5O5/c1-5-29(4)24(33)14(2)27-23(32)15(3)30-13-26-22-17(7-6-8-18(22)25(30)34)16-9-10-19-20(11-16)35-12-21(31)28-19/h6-11,13H,2-3,5,12H2,1,4H3,(H,27,32)(H,28,31). The Balaban J connectivity index is 1.66. The third-order valence-electron chi connectivity index (χ3n) is 5.61. The molecule has 0 saturated heterocycles.